The number of fused-ring (bicyclic) bond motifs is 2. The summed E-state index contributed by atoms with van der Waals surface area (Å²) in [4.78, 5) is 40.3. The molecular formula is C33H40Cl3N5O3. The fraction of sp³-hybridized carbons (Fsp3) is 0.333. The number of aromatic nitrogens is 2. The predicted octanol–water partition coefficient (Wildman–Crippen LogP) is 6.37. The van der Waals surface area contributed by atoms with Gasteiger partial charge in [-0.3, -0.25) is 24.5 Å². The summed E-state index contributed by atoms with van der Waals surface area (Å²) in [5, 5.41) is 1.17. The molecule has 0 aliphatic carbocycles. The van der Waals surface area contributed by atoms with Gasteiger partial charge in [-0.1, -0.05) is 24.3 Å². The number of halogens is 3. The molecule has 1 aliphatic heterocycles. The molecule has 2 aromatic heterocycles. The lowest BCUT2D eigenvalue weighted by Gasteiger charge is -2.25. The van der Waals surface area contributed by atoms with E-state index in [4.69, 9.17) is 4.74 Å². The average Bonchev–Trinajstić information content (AvgIpc) is 3.04. The first-order valence-electron chi connectivity index (χ1n) is 14.0. The SMILES string of the molecule is CN1C(=O)C(C)(C)C(=O)N(C)c2cc(OCCCN(CCc3cccnc3)Cc3ccnc4ccccc34)ccc21.Cl.Cl.Cl. The van der Waals surface area contributed by atoms with Crippen LogP contribution in [-0.4, -0.2) is 60.5 Å². The van der Waals surface area contributed by atoms with E-state index in [1.165, 1.54) is 16.5 Å². The maximum atomic E-state index is 13.1. The third-order valence-corrected chi connectivity index (χ3v) is 7.81. The van der Waals surface area contributed by atoms with E-state index in [1.807, 2.05) is 48.8 Å². The van der Waals surface area contributed by atoms with Gasteiger partial charge < -0.3 is 14.5 Å². The Morgan fingerprint density at radius 2 is 1.57 bits per heavy atom. The van der Waals surface area contributed by atoms with Crippen LogP contribution in [0.3, 0.4) is 0 Å². The van der Waals surface area contributed by atoms with Gasteiger partial charge in [-0.25, -0.2) is 0 Å². The largest absolute Gasteiger partial charge is 0.493 e. The summed E-state index contributed by atoms with van der Waals surface area (Å²) in [6.07, 6.45) is 7.34. The van der Waals surface area contributed by atoms with Crippen LogP contribution >= 0.6 is 37.2 Å². The Kier molecular flexibility index (Phi) is 13.4. The molecule has 1 aliphatic rings. The monoisotopic (exact) mass is 659 g/mol. The number of carbonyl (C=O) groups excluding carboxylic acids is 2. The van der Waals surface area contributed by atoms with Crippen LogP contribution in [0.5, 0.6) is 5.75 Å². The summed E-state index contributed by atoms with van der Waals surface area (Å²) < 4.78 is 6.16. The number of para-hydroxylation sites is 1. The van der Waals surface area contributed by atoms with Crippen LogP contribution in [0.1, 0.15) is 31.4 Å². The second kappa shape index (κ2) is 16.0. The predicted molar refractivity (Wildman–Crippen MR) is 184 cm³/mol. The second-order valence-electron chi connectivity index (χ2n) is 11.1. The Morgan fingerprint density at radius 3 is 2.30 bits per heavy atom. The Labute approximate surface area is 278 Å². The molecule has 0 saturated heterocycles. The standard InChI is InChI=1S/C33H37N5O3.3ClH/c1-33(2)31(39)36(3)29-13-12-26(21-30(29)37(4)32(33)40)41-20-8-18-38(19-15-24-9-7-16-34-22-24)23-25-14-17-35-28-11-6-5-10-27(25)28;;;/h5-7,9-14,16-17,21-22H,8,15,18-20,23H2,1-4H3;3*1H. The average molecular weight is 661 g/mol. The number of nitrogens with zero attached hydrogens (tertiary/aromatic N) is 5. The molecule has 4 aromatic rings. The molecule has 44 heavy (non-hydrogen) atoms. The zero-order chi connectivity index (χ0) is 29.0. The van der Waals surface area contributed by atoms with E-state index in [0.717, 1.165) is 38.0 Å². The van der Waals surface area contributed by atoms with Crippen LogP contribution in [0.4, 0.5) is 11.4 Å². The summed E-state index contributed by atoms with van der Waals surface area (Å²) >= 11 is 0. The first-order valence-corrected chi connectivity index (χ1v) is 14.0. The van der Waals surface area contributed by atoms with Gasteiger partial charge in [0, 0.05) is 63.8 Å². The lowest BCUT2D eigenvalue weighted by Crippen LogP contribution is -2.46. The lowest BCUT2D eigenvalue weighted by atomic mass is 9.90. The summed E-state index contributed by atoms with van der Waals surface area (Å²) in [6.45, 7) is 6.42. The summed E-state index contributed by atoms with van der Waals surface area (Å²) in [6, 6.07) is 20.0. The normalized spacial score (nSPS) is 13.8. The molecule has 5 rings (SSSR count). The number of carbonyl (C=O) groups is 2. The smallest absolute Gasteiger partial charge is 0.241 e. The molecular weight excluding hydrogens is 621 g/mol. The third-order valence-electron chi connectivity index (χ3n) is 7.81. The molecule has 0 fully saturated rings. The molecule has 0 N–H and O–H groups in total. The fourth-order valence-electron chi connectivity index (χ4n) is 5.41. The zero-order valence-corrected chi connectivity index (χ0v) is 27.9. The third kappa shape index (κ3) is 7.99. The minimum atomic E-state index is -1.14. The number of ether oxygens (including phenoxy) is 1. The van der Waals surface area contributed by atoms with E-state index < -0.39 is 5.41 Å². The van der Waals surface area contributed by atoms with E-state index in [9.17, 15) is 9.59 Å². The number of amides is 2. The molecule has 0 saturated carbocycles. The molecule has 2 aromatic carbocycles. The highest BCUT2D eigenvalue weighted by atomic mass is 35.5. The van der Waals surface area contributed by atoms with Crippen LogP contribution in [0.15, 0.2) is 79.3 Å². The van der Waals surface area contributed by atoms with E-state index in [1.54, 1.807) is 43.9 Å². The van der Waals surface area contributed by atoms with Gasteiger partial charge in [-0.15, -0.1) is 37.2 Å². The maximum absolute atomic E-state index is 13.1. The van der Waals surface area contributed by atoms with Crippen molar-refractivity contribution in [2.24, 2.45) is 5.41 Å². The van der Waals surface area contributed by atoms with Crippen molar-refractivity contribution in [3.63, 3.8) is 0 Å². The molecule has 0 unspecified atom stereocenters. The fourth-order valence-corrected chi connectivity index (χ4v) is 5.41. The van der Waals surface area contributed by atoms with Crippen molar-refractivity contribution < 1.29 is 14.3 Å². The van der Waals surface area contributed by atoms with Gasteiger partial charge >= 0.3 is 0 Å². The van der Waals surface area contributed by atoms with Crippen LogP contribution in [-0.2, 0) is 22.6 Å². The molecule has 3 heterocycles. The van der Waals surface area contributed by atoms with Gasteiger partial charge in [0.1, 0.15) is 11.2 Å². The van der Waals surface area contributed by atoms with Crippen molar-refractivity contribution in [1.82, 2.24) is 14.9 Å². The lowest BCUT2D eigenvalue weighted by molar-refractivity contribution is -0.137. The molecule has 236 valence electrons. The number of hydrogen-bond donors (Lipinski definition) is 0. The summed E-state index contributed by atoms with van der Waals surface area (Å²) in [7, 11) is 3.42. The van der Waals surface area contributed by atoms with Crippen molar-refractivity contribution in [2.75, 3.05) is 43.6 Å². The van der Waals surface area contributed by atoms with Crippen molar-refractivity contribution in [3.05, 3.63) is 90.4 Å². The van der Waals surface area contributed by atoms with Crippen molar-refractivity contribution in [3.8, 4) is 5.75 Å². The van der Waals surface area contributed by atoms with Crippen LogP contribution in [0.2, 0.25) is 0 Å². The molecule has 0 bridgehead atoms. The number of anilines is 2. The number of hydrogen-bond acceptors (Lipinski definition) is 6. The van der Waals surface area contributed by atoms with Gasteiger partial charge in [-0.2, -0.15) is 0 Å². The molecule has 8 nitrogen and oxygen atoms in total. The van der Waals surface area contributed by atoms with E-state index in [-0.39, 0.29) is 49.0 Å². The topological polar surface area (TPSA) is 78.9 Å². The highest BCUT2D eigenvalue weighted by molar-refractivity contribution is 6.19. The van der Waals surface area contributed by atoms with Gasteiger partial charge in [0.2, 0.25) is 11.8 Å². The van der Waals surface area contributed by atoms with E-state index in [2.05, 4.69) is 39.1 Å². The molecule has 0 atom stereocenters. The number of pyridine rings is 2. The zero-order valence-electron chi connectivity index (χ0n) is 25.4. The Hall–Kier alpha value is -3.43. The maximum Gasteiger partial charge on any atom is 0.241 e. The van der Waals surface area contributed by atoms with Crippen molar-refractivity contribution >= 4 is 71.3 Å². The summed E-state index contributed by atoms with van der Waals surface area (Å²) in [5.41, 5.74) is 3.68. The van der Waals surface area contributed by atoms with Gasteiger partial charge in [-0.05, 0) is 68.1 Å². The quantitative estimate of drug-likeness (QED) is 0.145. The minimum absolute atomic E-state index is 0. The number of rotatable bonds is 10. The highest BCUT2D eigenvalue weighted by Crippen LogP contribution is 2.39. The number of benzene rings is 2. The van der Waals surface area contributed by atoms with Crippen LogP contribution in [0, 0.1) is 5.41 Å². The Balaban J connectivity index is 0.00000225. The first-order chi connectivity index (χ1) is 19.8. The van der Waals surface area contributed by atoms with Crippen LogP contribution < -0.4 is 14.5 Å². The van der Waals surface area contributed by atoms with Crippen molar-refractivity contribution in [1.29, 1.82) is 0 Å². The minimum Gasteiger partial charge on any atom is -0.493 e. The molecule has 2 amide bonds. The van der Waals surface area contributed by atoms with Gasteiger partial charge in [0.25, 0.3) is 0 Å². The van der Waals surface area contributed by atoms with E-state index >= 15 is 0 Å². The summed E-state index contributed by atoms with van der Waals surface area (Å²) in [5.74, 6) is 0.208. The van der Waals surface area contributed by atoms with Crippen molar-refractivity contribution in [2.45, 2.75) is 33.2 Å². The molecule has 0 spiro atoms. The second-order valence-corrected chi connectivity index (χ2v) is 11.1. The Morgan fingerprint density at radius 1 is 0.841 bits per heavy atom. The molecule has 11 heteroatoms. The Bertz CT molecular complexity index is 1550. The highest BCUT2D eigenvalue weighted by Gasteiger charge is 2.44. The van der Waals surface area contributed by atoms with E-state index in [0.29, 0.717) is 23.7 Å². The van der Waals surface area contributed by atoms with Gasteiger partial charge in [0.15, 0.2) is 0 Å². The molecule has 0 radical (unpaired) electrons. The van der Waals surface area contributed by atoms with Crippen LogP contribution in [0.25, 0.3) is 10.9 Å². The van der Waals surface area contributed by atoms with Gasteiger partial charge in [0.05, 0.1) is 23.5 Å². The first kappa shape index (κ1) is 36.8.